The van der Waals surface area contributed by atoms with Crippen molar-refractivity contribution in [1.29, 1.82) is 0 Å². The van der Waals surface area contributed by atoms with Crippen LogP contribution in [0.5, 0.6) is 0 Å². The Bertz CT molecular complexity index is 559. The van der Waals surface area contributed by atoms with Crippen molar-refractivity contribution in [2.24, 2.45) is 5.92 Å². The Kier molecular flexibility index (Phi) is 5.22. The van der Waals surface area contributed by atoms with Gasteiger partial charge in [0.1, 0.15) is 0 Å². The molecular weight excluding hydrogens is 248 g/mol. The fourth-order valence-electron chi connectivity index (χ4n) is 2.47. The summed E-state index contributed by atoms with van der Waals surface area (Å²) >= 11 is 0. The SMILES string of the molecule is CCCCC(C)C(=O)NCCc1c[nH]c2ccccc12. The summed E-state index contributed by atoms with van der Waals surface area (Å²) in [5, 5.41) is 4.29. The Morgan fingerprint density at radius 1 is 1.35 bits per heavy atom. The first-order chi connectivity index (χ1) is 9.72. The molecule has 2 N–H and O–H groups in total. The monoisotopic (exact) mass is 272 g/mol. The molecule has 1 unspecified atom stereocenters. The molecule has 0 aliphatic heterocycles. The molecule has 20 heavy (non-hydrogen) atoms. The minimum atomic E-state index is 0.123. The molecule has 1 amide bonds. The Morgan fingerprint density at radius 3 is 2.95 bits per heavy atom. The molecule has 0 saturated heterocycles. The zero-order valence-corrected chi connectivity index (χ0v) is 12.4. The largest absolute Gasteiger partial charge is 0.361 e. The highest BCUT2D eigenvalue weighted by Crippen LogP contribution is 2.17. The van der Waals surface area contributed by atoms with Crippen LogP contribution in [-0.2, 0) is 11.2 Å². The zero-order chi connectivity index (χ0) is 14.4. The molecule has 1 aromatic heterocycles. The summed E-state index contributed by atoms with van der Waals surface area (Å²) in [5.41, 5.74) is 2.42. The second-order valence-corrected chi connectivity index (χ2v) is 5.44. The molecule has 2 rings (SSSR count). The molecule has 1 heterocycles. The summed E-state index contributed by atoms with van der Waals surface area (Å²) in [7, 11) is 0. The number of para-hydroxylation sites is 1. The third-order valence-corrected chi connectivity index (χ3v) is 3.81. The molecule has 0 radical (unpaired) electrons. The van der Waals surface area contributed by atoms with Crippen LogP contribution in [0.25, 0.3) is 10.9 Å². The topological polar surface area (TPSA) is 44.9 Å². The molecule has 0 bridgehead atoms. The average molecular weight is 272 g/mol. The maximum Gasteiger partial charge on any atom is 0.222 e. The number of hydrogen-bond acceptors (Lipinski definition) is 1. The van der Waals surface area contributed by atoms with Crippen molar-refractivity contribution in [2.75, 3.05) is 6.54 Å². The molecule has 0 aliphatic carbocycles. The average Bonchev–Trinajstić information content (AvgIpc) is 2.88. The van der Waals surface area contributed by atoms with Crippen molar-refractivity contribution >= 4 is 16.8 Å². The predicted molar refractivity (Wildman–Crippen MR) is 83.7 cm³/mol. The van der Waals surface area contributed by atoms with E-state index >= 15 is 0 Å². The van der Waals surface area contributed by atoms with Gasteiger partial charge in [0.15, 0.2) is 0 Å². The summed E-state index contributed by atoms with van der Waals surface area (Å²) in [6, 6.07) is 8.27. The van der Waals surface area contributed by atoms with Crippen LogP contribution in [0.1, 0.15) is 38.7 Å². The molecule has 0 spiro atoms. The van der Waals surface area contributed by atoms with Gasteiger partial charge in [-0.05, 0) is 24.5 Å². The van der Waals surface area contributed by atoms with Gasteiger partial charge in [-0.3, -0.25) is 4.79 Å². The van der Waals surface area contributed by atoms with Gasteiger partial charge in [0.2, 0.25) is 5.91 Å². The highest BCUT2D eigenvalue weighted by molar-refractivity contribution is 5.83. The van der Waals surface area contributed by atoms with Crippen molar-refractivity contribution in [1.82, 2.24) is 10.3 Å². The van der Waals surface area contributed by atoms with Gasteiger partial charge in [-0.15, -0.1) is 0 Å². The van der Waals surface area contributed by atoms with E-state index in [2.05, 4.69) is 29.4 Å². The van der Waals surface area contributed by atoms with Crippen LogP contribution in [0.4, 0.5) is 0 Å². The van der Waals surface area contributed by atoms with E-state index in [1.807, 2.05) is 25.3 Å². The summed E-state index contributed by atoms with van der Waals surface area (Å²) in [6.45, 7) is 4.87. The molecule has 0 fully saturated rings. The van der Waals surface area contributed by atoms with Crippen LogP contribution >= 0.6 is 0 Å². The number of aromatic amines is 1. The Hall–Kier alpha value is -1.77. The van der Waals surface area contributed by atoms with Gasteiger partial charge in [-0.25, -0.2) is 0 Å². The van der Waals surface area contributed by atoms with Gasteiger partial charge < -0.3 is 10.3 Å². The van der Waals surface area contributed by atoms with Crippen molar-refractivity contribution in [3.8, 4) is 0 Å². The van der Waals surface area contributed by atoms with Crippen LogP contribution in [0.15, 0.2) is 30.5 Å². The van der Waals surface area contributed by atoms with E-state index in [0.717, 1.165) is 31.2 Å². The summed E-state index contributed by atoms with van der Waals surface area (Å²) in [6.07, 6.45) is 6.16. The van der Waals surface area contributed by atoms with E-state index in [1.54, 1.807) is 0 Å². The summed E-state index contributed by atoms with van der Waals surface area (Å²) in [5.74, 6) is 0.302. The Balaban J connectivity index is 1.82. The lowest BCUT2D eigenvalue weighted by Crippen LogP contribution is -2.30. The third kappa shape index (κ3) is 3.62. The second kappa shape index (κ2) is 7.13. The van der Waals surface area contributed by atoms with Crippen LogP contribution in [0, 0.1) is 5.92 Å². The predicted octanol–water partition coefficient (Wildman–Crippen LogP) is 3.65. The highest BCUT2D eigenvalue weighted by atomic mass is 16.1. The fraction of sp³-hybridized carbons (Fsp3) is 0.471. The lowest BCUT2D eigenvalue weighted by atomic mass is 10.0. The molecule has 3 nitrogen and oxygen atoms in total. The smallest absolute Gasteiger partial charge is 0.222 e. The quantitative estimate of drug-likeness (QED) is 0.794. The van der Waals surface area contributed by atoms with Gasteiger partial charge >= 0.3 is 0 Å². The molecule has 0 aliphatic rings. The summed E-state index contributed by atoms with van der Waals surface area (Å²) in [4.78, 5) is 15.2. The first-order valence-electron chi connectivity index (χ1n) is 7.55. The number of aromatic nitrogens is 1. The van der Waals surface area contributed by atoms with Crippen molar-refractivity contribution in [3.05, 3.63) is 36.0 Å². The molecule has 3 heteroatoms. The van der Waals surface area contributed by atoms with E-state index in [1.165, 1.54) is 10.9 Å². The number of unbranched alkanes of at least 4 members (excludes halogenated alkanes) is 1. The van der Waals surface area contributed by atoms with Gasteiger partial charge in [0.05, 0.1) is 0 Å². The van der Waals surface area contributed by atoms with E-state index in [-0.39, 0.29) is 11.8 Å². The van der Waals surface area contributed by atoms with E-state index in [9.17, 15) is 4.79 Å². The summed E-state index contributed by atoms with van der Waals surface area (Å²) < 4.78 is 0. The van der Waals surface area contributed by atoms with E-state index in [4.69, 9.17) is 0 Å². The molecular formula is C17H24N2O. The Labute approximate surface area is 120 Å². The first kappa shape index (κ1) is 14.6. The maximum absolute atomic E-state index is 11.9. The fourth-order valence-corrected chi connectivity index (χ4v) is 2.47. The zero-order valence-electron chi connectivity index (χ0n) is 12.4. The normalized spacial score (nSPS) is 12.5. The number of benzene rings is 1. The maximum atomic E-state index is 11.9. The molecule has 1 aromatic carbocycles. The number of hydrogen-bond donors (Lipinski definition) is 2. The molecule has 1 atom stereocenters. The standard InChI is InChI=1S/C17H24N2O/c1-3-4-7-13(2)17(20)18-11-10-14-12-19-16-9-6-5-8-15(14)16/h5-6,8-9,12-13,19H,3-4,7,10-11H2,1-2H3,(H,18,20). The molecule has 0 saturated carbocycles. The number of amides is 1. The number of fused-ring (bicyclic) bond motifs is 1. The van der Waals surface area contributed by atoms with Crippen molar-refractivity contribution in [2.45, 2.75) is 39.5 Å². The Morgan fingerprint density at radius 2 is 2.15 bits per heavy atom. The minimum Gasteiger partial charge on any atom is -0.361 e. The molecule has 2 aromatic rings. The first-order valence-corrected chi connectivity index (χ1v) is 7.55. The lowest BCUT2D eigenvalue weighted by Gasteiger charge is -2.11. The highest BCUT2D eigenvalue weighted by Gasteiger charge is 2.11. The van der Waals surface area contributed by atoms with Crippen molar-refractivity contribution < 1.29 is 4.79 Å². The van der Waals surface area contributed by atoms with Gasteiger partial charge in [0, 0.05) is 29.6 Å². The van der Waals surface area contributed by atoms with Gasteiger partial charge in [-0.2, -0.15) is 0 Å². The second-order valence-electron chi connectivity index (χ2n) is 5.44. The van der Waals surface area contributed by atoms with E-state index in [0.29, 0.717) is 6.54 Å². The number of nitrogens with one attached hydrogen (secondary N) is 2. The number of rotatable bonds is 7. The number of carbonyl (C=O) groups is 1. The molecule has 108 valence electrons. The number of H-pyrrole nitrogens is 1. The van der Waals surface area contributed by atoms with Crippen LogP contribution in [-0.4, -0.2) is 17.4 Å². The third-order valence-electron chi connectivity index (χ3n) is 3.81. The van der Waals surface area contributed by atoms with Crippen LogP contribution in [0.3, 0.4) is 0 Å². The van der Waals surface area contributed by atoms with Crippen molar-refractivity contribution in [3.63, 3.8) is 0 Å². The van der Waals surface area contributed by atoms with Gasteiger partial charge in [0.25, 0.3) is 0 Å². The van der Waals surface area contributed by atoms with Crippen LogP contribution < -0.4 is 5.32 Å². The minimum absolute atomic E-state index is 0.123. The van der Waals surface area contributed by atoms with Crippen LogP contribution in [0.2, 0.25) is 0 Å². The van der Waals surface area contributed by atoms with Gasteiger partial charge in [-0.1, -0.05) is 44.9 Å². The van der Waals surface area contributed by atoms with E-state index < -0.39 is 0 Å². The number of carbonyl (C=O) groups excluding carboxylic acids is 1. The lowest BCUT2D eigenvalue weighted by molar-refractivity contribution is -0.124.